The summed E-state index contributed by atoms with van der Waals surface area (Å²) in [5.41, 5.74) is 2.07. The quantitative estimate of drug-likeness (QED) is 0.903. The van der Waals surface area contributed by atoms with E-state index < -0.39 is 0 Å². The van der Waals surface area contributed by atoms with Crippen LogP contribution in [0.3, 0.4) is 0 Å². The second kappa shape index (κ2) is 6.70. The van der Waals surface area contributed by atoms with Crippen LogP contribution in [0.4, 0.5) is 0 Å². The summed E-state index contributed by atoms with van der Waals surface area (Å²) in [5.74, 6) is 0.0430. The Balaban J connectivity index is 1.54. The molecule has 6 nitrogen and oxygen atoms in total. The molecule has 1 N–H and O–H groups in total. The molecule has 0 radical (unpaired) electrons. The lowest BCUT2D eigenvalue weighted by Crippen LogP contribution is -2.36. The maximum Gasteiger partial charge on any atom is 0.234 e. The highest BCUT2D eigenvalue weighted by molar-refractivity contribution is 5.78. The number of aromatic nitrogens is 3. The van der Waals surface area contributed by atoms with Gasteiger partial charge in [0.15, 0.2) is 0 Å². The van der Waals surface area contributed by atoms with E-state index in [2.05, 4.69) is 20.3 Å². The van der Waals surface area contributed by atoms with E-state index in [9.17, 15) is 4.79 Å². The highest BCUT2D eigenvalue weighted by atomic mass is 16.2. The fourth-order valence-electron chi connectivity index (χ4n) is 2.94. The maximum atomic E-state index is 12.2. The first kappa shape index (κ1) is 14.7. The van der Waals surface area contributed by atoms with E-state index >= 15 is 0 Å². The van der Waals surface area contributed by atoms with Gasteiger partial charge in [0, 0.05) is 31.0 Å². The molecule has 0 aliphatic carbocycles. The van der Waals surface area contributed by atoms with Crippen molar-refractivity contribution >= 4 is 5.91 Å². The first-order valence-corrected chi connectivity index (χ1v) is 7.61. The molecule has 0 saturated carbocycles. The Hall–Kier alpha value is -2.21. The van der Waals surface area contributed by atoms with Crippen LogP contribution in [0.5, 0.6) is 0 Å². The molecule has 6 heteroatoms. The fourth-order valence-corrected chi connectivity index (χ4v) is 2.94. The number of nitrogens with one attached hydrogen (secondary N) is 1. The molecule has 1 saturated heterocycles. The van der Waals surface area contributed by atoms with Gasteiger partial charge in [0.1, 0.15) is 0 Å². The van der Waals surface area contributed by atoms with Crippen molar-refractivity contribution in [3.8, 4) is 0 Å². The predicted octanol–water partition coefficient (Wildman–Crippen LogP) is 1.27. The number of nitrogens with zero attached hydrogens (tertiary/aromatic N) is 4. The number of hydrogen-bond acceptors (Lipinski definition) is 4. The highest BCUT2D eigenvalue weighted by Gasteiger charge is 2.28. The van der Waals surface area contributed by atoms with Gasteiger partial charge in [-0.1, -0.05) is 6.07 Å². The van der Waals surface area contributed by atoms with Gasteiger partial charge in [-0.25, -0.2) is 0 Å². The van der Waals surface area contributed by atoms with E-state index in [1.807, 2.05) is 42.3 Å². The zero-order chi connectivity index (χ0) is 15.4. The number of aryl methyl sites for hydroxylation is 1. The number of pyridine rings is 1. The van der Waals surface area contributed by atoms with Crippen molar-refractivity contribution in [2.45, 2.75) is 25.4 Å². The summed E-state index contributed by atoms with van der Waals surface area (Å²) in [6.07, 6.45) is 7.87. The standard InChI is InChI=1S/C16H21N5O/c1-20-11-13(9-19-20)15-6-4-8-21(15)12-16(22)18-10-14-5-2-3-7-17-14/h2-3,5,7,9,11,15H,4,6,8,10,12H2,1H3,(H,18,22)/t15-/m1/s1. The Bertz CT molecular complexity index is 624. The molecule has 1 aliphatic heterocycles. The minimum Gasteiger partial charge on any atom is -0.349 e. The van der Waals surface area contributed by atoms with Gasteiger partial charge in [-0.05, 0) is 31.5 Å². The van der Waals surface area contributed by atoms with Crippen LogP contribution < -0.4 is 5.32 Å². The monoisotopic (exact) mass is 299 g/mol. The molecular weight excluding hydrogens is 278 g/mol. The summed E-state index contributed by atoms with van der Waals surface area (Å²) in [6, 6.07) is 6.00. The number of amides is 1. The van der Waals surface area contributed by atoms with Gasteiger partial charge >= 0.3 is 0 Å². The zero-order valence-corrected chi connectivity index (χ0v) is 12.8. The average Bonchev–Trinajstić information content (AvgIpc) is 3.15. The SMILES string of the molecule is Cn1cc([C@H]2CCCN2CC(=O)NCc2ccccn2)cn1. The third-order valence-corrected chi connectivity index (χ3v) is 4.01. The number of likely N-dealkylation sites (tertiary alicyclic amines) is 1. The second-order valence-electron chi connectivity index (χ2n) is 5.67. The molecule has 0 unspecified atom stereocenters. The molecule has 2 aromatic heterocycles. The van der Waals surface area contributed by atoms with Crippen LogP contribution in [0.25, 0.3) is 0 Å². The Morgan fingerprint density at radius 3 is 3.09 bits per heavy atom. The third-order valence-electron chi connectivity index (χ3n) is 4.01. The van der Waals surface area contributed by atoms with Gasteiger partial charge in [0.25, 0.3) is 0 Å². The Morgan fingerprint density at radius 1 is 1.45 bits per heavy atom. The van der Waals surface area contributed by atoms with Gasteiger partial charge in [0.2, 0.25) is 5.91 Å². The molecule has 0 spiro atoms. The Labute approximate surface area is 130 Å². The number of rotatable bonds is 5. The van der Waals surface area contributed by atoms with Crippen LogP contribution in [-0.2, 0) is 18.4 Å². The van der Waals surface area contributed by atoms with Crippen LogP contribution in [0.2, 0.25) is 0 Å². The van der Waals surface area contributed by atoms with E-state index in [-0.39, 0.29) is 5.91 Å². The summed E-state index contributed by atoms with van der Waals surface area (Å²) in [4.78, 5) is 18.6. The molecule has 22 heavy (non-hydrogen) atoms. The van der Waals surface area contributed by atoms with E-state index in [0.717, 1.165) is 25.1 Å². The summed E-state index contributed by atoms with van der Waals surface area (Å²) in [7, 11) is 1.92. The van der Waals surface area contributed by atoms with Crippen molar-refractivity contribution in [1.29, 1.82) is 0 Å². The third kappa shape index (κ3) is 3.51. The van der Waals surface area contributed by atoms with Crippen molar-refractivity contribution in [2.24, 2.45) is 7.05 Å². The van der Waals surface area contributed by atoms with Crippen LogP contribution in [0.15, 0.2) is 36.8 Å². The largest absolute Gasteiger partial charge is 0.349 e. The molecule has 0 aromatic carbocycles. The Morgan fingerprint density at radius 2 is 2.36 bits per heavy atom. The van der Waals surface area contributed by atoms with Crippen LogP contribution in [0.1, 0.15) is 30.1 Å². The van der Waals surface area contributed by atoms with Crippen molar-refractivity contribution in [1.82, 2.24) is 25.0 Å². The lowest BCUT2D eigenvalue weighted by Gasteiger charge is -2.22. The van der Waals surface area contributed by atoms with E-state index in [1.54, 1.807) is 6.20 Å². The zero-order valence-electron chi connectivity index (χ0n) is 12.8. The summed E-state index contributed by atoms with van der Waals surface area (Å²) < 4.78 is 1.81. The number of carbonyl (C=O) groups is 1. The van der Waals surface area contributed by atoms with Crippen molar-refractivity contribution in [3.63, 3.8) is 0 Å². The Kier molecular flexibility index (Phi) is 4.48. The van der Waals surface area contributed by atoms with Gasteiger partial charge in [-0.3, -0.25) is 19.4 Å². The smallest absolute Gasteiger partial charge is 0.234 e. The van der Waals surface area contributed by atoms with Crippen LogP contribution >= 0.6 is 0 Å². The topological polar surface area (TPSA) is 63.1 Å². The average molecular weight is 299 g/mol. The van der Waals surface area contributed by atoms with Gasteiger partial charge in [-0.2, -0.15) is 5.10 Å². The molecule has 2 aromatic rings. The van der Waals surface area contributed by atoms with E-state index in [4.69, 9.17) is 0 Å². The second-order valence-corrected chi connectivity index (χ2v) is 5.67. The van der Waals surface area contributed by atoms with Crippen molar-refractivity contribution in [3.05, 3.63) is 48.0 Å². The first-order chi connectivity index (χ1) is 10.7. The maximum absolute atomic E-state index is 12.2. The summed E-state index contributed by atoms with van der Waals surface area (Å²) >= 11 is 0. The molecule has 1 aliphatic rings. The van der Waals surface area contributed by atoms with Crippen LogP contribution in [0, 0.1) is 0 Å². The highest BCUT2D eigenvalue weighted by Crippen LogP contribution is 2.30. The van der Waals surface area contributed by atoms with E-state index in [0.29, 0.717) is 19.1 Å². The van der Waals surface area contributed by atoms with Gasteiger partial charge in [-0.15, -0.1) is 0 Å². The fraction of sp³-hybridized carbons (Fsp3) is 0.438. The summed E-state index contributed by atoms with van der Waals surface area (Å²) in [5, 5.41) is 7.17. The van der Waals surface area contributed by atoms with E-state index in [1.165, 1.54) is 5.56 Å². The van der Waals surface area contributed by atoms with Crippen LogP contribution in [-0.4, -0.2) is 38.7 Å². The predicted molar refractivity (Wildman–Crippen MR) is 82.8 cm³/mol. The van der Waals surface area contributed by atoms with Gasteiger partial charge < -0.3 is 5.32 Å². The molecule has 1 amide bonds. The lowest BCUT2D eigenvalue weighted by molar-refractivity contribution is -0.122. The molecule has 3 rings (SSSR count). The normalized spacial score (nSPS) is 18.5. The van der Waals surface area contributed by atoms with Crippen molar-refractivity contribution in [2.75, 3.05) is 13.1 Å². The first-order valence-electron chi connectivity index (χ1n) is 7.61. The van der Waals surface area contributed by atoms with Crippen molar-refractivity contribution < 1.29 is 4.79 Å². The molecule has 1 fully saturated rings. The minimum atomic E-state index is 0.0430. The number of carbonyl (C=O) groups excluding carboxylic acids is 1. The molecule has 116 valence electrons. The number of hydrogen-bond donors (Lipinski definition) is 1. The molecular formula is C16H21N5O. The minimum absolute atomic E-state index is 0.0430. The molecule has 1 atom stereocenters. The molecule has 3 heterocycles. The summed E-state index contributed by atoms with van der Waals surface area (Å²) in [6.45, 7) is 1.86. The molecule has 0 bridgehead atoms. The lowest BCUT2D eigenvalue weighted by atomic mass is 10.1. The van der Waals surface area contributed by atoms with Gasteiger partial charge in [0.05, 0.1) is 25.0 Å².